The molecule has 4 heteroatoms. The van der Waals surface area contributed by atoms with E-state index < -0.39 is 0 Å². The third-order valence-electron chi connectivity index (χ3n) is 3.43. The van der Waals surface area contributed by atoms with Gasteiger partial charge in [0.2, 0.25) is 5.91 Å². The van der Waals surface area contributed by atoms with E-state index in [1.807, 2.05) is 0 Å². The lowest BCUT2D eigenvalue weighted by atomic mass is 10.1. The number of amides is 1. The average molecular weight is 284 g/mol. The van der Waals surface area contributed by atoms with Crippen LogP contribution in [0.25, 0.3) is 0 Å². The second-order valence-corrected chi connectivity index (χ2v) is 4.91. The van der Waals surface area contributed by atoms with Gasteiger partial charge >= 0.3 is 0 Å². The molecule has 0 aliphatic heterocycles. The van der Waals surface area contributed by atoms with Crippen molar-refractivity contribution in [3.63, 3.8) is 0 Å². The van der Waals surface area contributed by atoms with Crippen molar-refractivity contribution in [2.24, 2.45) is 0 Å². The monoisotopic (exact) mass is 284 g/mol. The highest BCUT2D eigenvalue weighted by Gasteiger charge is 2.07. The largest absolute Gasteiger partial charge is 0.392 e. The molecule has 1 aromatic carbocycles. The zero-order valence-electron chi connectivity index (χ0n) is 12.2. The molecule has 1 heterocycles. The van der Waals surface area contributed by atoms with Crippen LogP contribution < -0.4 is 5.32 Å². The van der Waals surface area contributed by atoms with Gasteiger partial charge in [0.05, 0.1) is 18.5 Å². The summed E-state index contributed by atoms with van der Waals surface area (Å²) in [6.45, 7) is 2.01. The molecule has 1 aromatic heterocycles. The summed E-state index contributed by atoms with van der Waals surface area (Å²) in [7, 11) is 0. The Morgan fingerprint density at radius 2 is 1.90 bits per heavy atom. The number of aliphatic hydroxyl groups is 1. The normalized spacial score (nSPS) is 10.4. The van der Waals surface area contributed by atoms with Gasteiger partial charge in [0.15, 0.2) is 0 Å². The van der Waals surface area contributed by atoms with Gasteiger partial charge in [-0.1, -0.05) is 31.2 Å². The number of pyridine rings is 1. The molecular formula is C17H20N2O2. The Labute approximate surface area is 124 Å². The highest BCUT2D eigenvalue weighted by atomic mass is 16.3. The predicted octanol–water partition coefficient (Wildman–Crippen LogP) is 2.71. The molecule has 2 rings (SSSR count). The van der Waals surface area contributed by atoms with E-state index in [9.17, 15) is 9.90 Å². The van der Waals surface area contributed by atoms with E-state index in [0.29, 0.717) is 24.1 Å². The predicted molar refractivity (Wildman–Crippen MR) is 82.9 cm³/mol. The molecule has 0 unspecified atom stereocenters. The topological polar surface area (TPSA) is 62.2 Å². The Morgan fingerprint density at radius 3 is 2.57 bits per heavy atom. The van der Waals surface area contributed by atoms with Gasteiger partial charge in [0.25, 0.3) is 0 Å². The highest BCUT2D eigenvalue weighted by molar-refractivity contribution is 5.91. The molecule has 0 aliphatic carbocycles. The molecule has 4 nitrogen and oxygen atoms in total. The summed E-state index contributed by atoms with van der Waals surface area (Å²) < 4.78 is 0. The Kier molecular flexibility index (Phi) is 5.46. The molecule has 0 spiro atoms. The lowest BCUT2D eigenvalue weighted by molar-refractivity contribution is -0.116. The lowest BCUT2D eigenvalue weighted by Crippen LogP contribution is -2.14. The van der Waals surface area contributed by atoms with Gasteiger partial charge in [-0.25, -0.2) is 0 Å². The maximum absolute atomic E-state index is 12.0. The summed E-state index contributed by atoms with van der Waals surface area (Å²) in [5.41, 5.74) is 3.69. The lowest BCUT2D eigenvalue weighted by Gasteiger charge is -2.08. The van der Waals surface area contributed by atoms with Gasteiger partial charge in [0.1, 0.15) is 0 Å². The van der Waals surface area contributed by atoms with E-state index in [2.05, 4.69) is 41.5 Å². The molecule has 2 N–H and O–H groups in total. The molecular weight excluding hydrogens is 264 g/mol. The third kappa shape index (κ3) is 4.39. The van der Waals surface area contributed by atoms with Gasteiger partial charge in [-0.3, -0.25) is 9.78 Å². The Bertz CT molecular complexity index is 594. The minimum Gasteiger partial charge on any atom is -0.392 e. The second-order valence-electron chi connectivity index (χ2n) is 4.91. The molecule has 1 amide bonds. The number of carbonyl (C=O) groups is 1. The molecule has 21 heavy (non-hydrogen) atoms. The van der Waals surface area contributed by atoms with Crippen LogP contribution in [0.3, 0.4) is 0 Å². The van der Waals surface area contributed by atoms with E-state index in [4.69, 9.17) is 0 Å². The molecule has 2 aromatic rings. The van der Waals surface area contributed by atoms with Crippen LogP contribution in [-0.2, 0) is 24.2 Å². The number of nitrogens with zero attached hydrogens (tertiary/aromatic N) is 1. The molecule has 0 aliphatic rings. The molecule has 0 fully saturated rings. The van der Waals surface area contributed by atoms with Gasteiger partial charge in [-0.05, 0) is 30.0 Å². The fourth-order valence-corrected chi connectivity index (χ4v) is 2.09. The Hall–Kier alpha value is -2.20. The van der Waals surface area contributed by atoms with Gasteiger partial charge in [-0.15, -0.1) is 0 Å². The van der Waals surface area contributed by atoms with Crippen LogP contribution in [0.5, 0.6) is 0 Å². The zero-order chi connectivity index (χ0) is 15.1. The van der Waals surface area contributed by atoms with Crippen molar-refractivity contribution in [3.05, 3.63) is 59.4 Å². The Morgan fingerprint density at radius 1 is 1.19 bits per heavy atom. The Balaban J connectivity index is 1.89. The van der Waals surface area contributed by atoms with Crippen molar-refractivity contribution in [2.45, 2.75) is 32.8 Å². The van der Waals surface area contributed by atoms with Crippen LogP contribution in [0.2, 0.25) is 0 Å². The van der Waals surface area contributed by atoms with Gasteiger partial charge in [0, 0.05) is 18.2 Å². The maximum atomic E-state index is 12.0. The number of aliphatic hydroxyl groups excluding tert-OH is 1. The summed E-state index contributed by atoms with van der Waals surface area (Å²) in [6, 6.07) is 10.0. The van der Waals surface area contributed by atoms with Crippen LogP contribution in [0, 0.1) is 0 Å². The van der Waals surface area contributed by atoms with Crippen molar-refractivity contribution in [3.8, 4) is 0 Å². The van der Waals surface area contributed by atoms with Crippen molar-refractivity contribution in [1.82, 2.24) is 4.98 Å². The van der Waals surface area contributed by atoms with Crippen molar-refractivity contribution in [2.75, 3.05) is 5.32 Å². The summed E-state index contributed by atoms with van der Waals surface area (Å²) in [4.78, 5) is 15.9. The molecule has 0 saturated carbocycles. The number of rotatable bonds is 6. The first-order valence-electron chi connectivity index (χ1n) is 7.14. The van der Waals surface area contributed by atoms with Crippen LogP contribution in [0.1, 0.15) is 30.0 Å². The van der Waals surface area contributed by atoms with E-state index in [1.165, 1.54) is 5.56 Å². The molecule has 0 bridgehead atoms. The molecule has 110 valence electrons. The number of hydrogen-bond donors (Lipinski definition) is 2. The van der Waals surface area contributed by atoms with Crippen LogP contribution in [0.4, 0.5) is 5.69 Å². The van der Waals surface area contributed by atoms with Gasteiger partial charge < -0.3 is 10.4 Å². The molecule has 0 saturated heterocycles. The minimum absolute atomic E-state index is 0.0720. The fraction of sp³-hybridized carbons (Fsp3) is 0.294. The van der Waals surface area contributed by atoms with Crippen molar-refractivity contribution >= 4 is 11.6 Å². The fourth-order valence-electron chi connectivity index (χ4n) is 2.09. The van der Waals surface area contributed by atoms with Crippen LogP contribution in [-0.4, -0.2) is 16.0 Å². The summed E-state index contributed by atoms with van der Waals surface area (Å²) >= 11 is 0. The quantitative estimate of drug-likeness (QED) is 0.857. The third-order valence-corrected chi connectivity index (χ3v) is 3.43. The first kappa shape index (κ1) is 15.2. The smallest absolute Gasteiger partial charge is 0.224 e. The number of anilines is 1. The minimum atomic E-state index is -0.114. The van der Waals surface area contributed by atoms with E-state index in [1.54, 1.807) is 18.5 Å². The summed E-state index contributed by atoms with van der Waals surface area (Å²) in [5.74, 6) is -0.0720. The number of aryl methyl sites for hydroxylation is 2. The number of hydrogen-bond acceptors (Lipinski definition) is 3. The molecule has 0 atom stereocenters. The summed E-state index contributed by atoms with van der Waals surface area (Å²) in [5, 5.41) is 12.0. The number of aromatic nitrogens is 1. The molecule has 0 radical (unpaired) electrons. The van der Waals surface area contributed by atoms with Crippen molar-refractivity contribution in [1.29, 1.82) is 0 Å². The van der Waals surface area contributed by atoms with Crippen LogP contribution in [0.15, 0.2) is 42.7 Å². The first-order chi connectivity index (χ1) is 10.2. The maximum Gasteiger partial charge on any atom is 0.224 e. The van der Waals surface area contributed by atoms with E-state index in [0.717, 1.165) is 12.0 Å². The van der Waals surface area contributed by atoms with E-state index in [-0.39, 0.29) is 12.5 Å². The number of carbonyl (C=O) groups excluding carboxylic acids is 1. The van der Waals surface area contributed by atoms with E-state index >= 15 is 0 Å². The number of nitrogens with one attached hydrogen (secondary N) is 1. The zero-order valence-corrected chi connectivity index (χ0v) is 12.2. The number of benzene rings is 1. The summed E-state index contributed by atoms with van der Waals surface area (Å²) in [6.07, 6.45) is 5.28. The second kappa shape index (κ2) is 7.55. The average Bonchev–Trinajstić information content (AvgIpc) is 2.54. The van der Waals surface area contributed by atoms with Gasteiger partial charge in [-0.2, -0.15) is 0 Å². The SMILES string of the molecule is CCc1ccc(CCC(=O)Nc2cnccc2CO)cc1. The van der Waals surface area contributed by atoms with Crippen molar-refractivity contribution < 1.29 is 9.90 Å². The first-order valence-corrected chi connectivity index (χ1v) is 7.14. The van der Waals surface area contributed by atoms with Crippen LogP contribution >= 0.6 is 0 Å². The highest BCUT2D eigenvalue weighted by Crippen LogP contribution is 2.14. The standard InChI is InChI=1S/C17H20N2O2/c1-2-13-3-5-14(6-4-13)7-8-17(21)19-16-11-18-10-9-15(16)12-20/h3-6,9-11,20H,2,7-8,12H2,1H3,(H,19,21).